The lowest BCUT2D eigenvalue weighted by molar-refractivity contribution is -0.115. The molecule has 1 aliphatic heterocycles. The van der Waals surface area contributed by atoms with Gasteiger partial charge in [0.2, 0.25) is 0 Å². The average molecular weight is 310 g/mol. The second kappa shape index (κ2) is 5.51. The number of nitrogens with zero attached hydrogens (tertiary/aromatic N) is 3. The average Bonchev–Trinajstić information content (AvgIpc) is 3.01. The predicted octanol–water partition coefficient (Wildman–Crippen LogP) is 2.43. The third kappa shape index (κ3) is 2.43. The number of carbonyl (C=O) groups is 1. The first-order chi connectivity index (χ1) is 9.85. The van der Waals surface area contributed by atoms with Crippen molar-refractivity contribution in [2.45, 2.75) is 45.3 Å². The minimum absolute atomic E-state index is 0.0117. The molecule has 0 aliphatic carbocycles. The Hall–Kier alpha value is -1.84. The Balaban J connectivity index is 2.34. The van der Waals surface area contributed by atoms with Gasteiger partial charge in [0.1, 0.15) is 10.8 Å². The number of halogens is 1. The zero-order valence-corrected chi connectivity index (χ0v) is 12.8. The molecule has 2 atom stereocenters. The summed E-state index contributed by atoms with van der Waals surface area (Å²) in [6, 6.07) is 3.70. The van der Waals surface area contributed by atoms with Gasteiger partial charge < -0.3 is 9.63 Å². The zero-order valence-electron chi connectivity index (χ0n) is 12.1. The fraction of sp³-hybridized carbons (Fsp3) is 0.500. The number of rotatable bonds is 4. The molecule has 2 heterocycles. The highest BCUT2D eigenvalue weighted by molar-refractivity contribution is 6.45. The molecule has 0 saturated heterocycles. The lowest BCUT2D eigenvalue weighted by Crippen LogP contribution is -2.35. The second-order valence-electron chi connectivity index (χ2n) is 5.34. The largest absolute Gasteiger partial charge is 0.369 e. The molecule has 0 saturated carbocycles. The van der Waals surface area contributed by atoms with Crippen LogP contribution in [0.15, 0.2) is 21.2 Å². The first-order valence-corrected chi connectivity index (χ1v) is 6.95. The molecule has 6 nitrogen and oxygen atoms in total. The molecule has 2 unspecified atom stereocenters. The Labute approximate surface area is 127 Å². The van der Waals surface area contributed by atoms with Gasteiger partial charge >= 0.3 is 0 Å². The van der Waals surface area contributed by atoms with Crippen LogP contribution in [0.5, 0.6) is 0 Å². The van der Waals surface area contributed by atoms with Gasteiger partial charge in [-0.2, -0.15) is 5.26 Å². The Morgan fingerprint density at radius 3 is 2.81 bits per heavy atom. The standard InChI is InChI=1S/C14H16ClN3O3/c1-4-14(3,5-6-16)9-7-10(17-21-9)18-12(19)8(2)11(15)13(18)20/h7,12,19H,4-5H2,1-3H3. The SMILES string of the molecule is CCC(C)(CC#N)c1cc(N2C(=O)C(Cl)=C(C)C2O)no1. The molecule has 112 valence electrons. The quantitative estimate of drug-likeness (QED) is 0.922. The first kappa shape index (κ1) is 15.5. The van der Waals surface area contributed by atoms with Crippen molar-refractivity contribution in [3.8, 4) is 6.07 Å². The van der Waals surface area contributed by atoms with Crippen LogP contribution in [0.3, 0.4) is 0 Å². The summed E-state index contributed by atoms with van der Waals surface area (Å²) >= 11 is 5.85. The van der Waals surface area contributed by atoms with Gasteiger partial charge in [-0.25, -0.2) is 0 Å². The van der Waals surface area contributed by atoms with E-state index in [0.29, 0.717) is 17.8 Å². The lowest BCUT2D eigenvalue weighted by atomic mass is 9.82. The monoisotopic (exact) mass is 309 g/mol. The van der Waals surface area contributed by atoms with Crippen molar-refractivity contribution in [3.05, 3.63) is 22.4 Å². The van der Waals surface area contributed by atoms with Crippen LogP contribution in [0.25, 0.3) is 0 Å². The molecule has 0 aromatic carbocycles. The Bertz CT molecular complexity index is 646. The Morgan fingerprint density at radius 1 is 1.67 bits per heavy atom. The van der Waals surface area contributed by atoms with Crippen molar-refractivity contribution in [3.63, 3.8) is 0 Å². The van der Waals surface area contributed by atoms with Crippen LogP contribution in [0, 0.1) is 11.3 Å². The summed E-state index contributed by atoms with van der Waals surface area (Å²) in [5.74, 6) is 0.178. The van der Waals surface area contributed by atoms with Gasteiger partial charge in [-0.05, 0) is 13.3 Å². The van der Waals surface area contributed by atoms with Gasteiger partial charge in [-0.1, -0.05) is 30.6 Å². The van der Waals surface area contributed by atoms with E-state index < -0.39 is 17.6 Å². The molecule has 21 heavy (non-hydrogen) atoms. The molecule has 2 rings (SSSR count). The van der Waals surface area contributed by atoms with E-state index in [4.69, 9.17) is 21.4 Å². The Kier molecular flexibility index (Phi) is 4.08. The molecule has 0 radical (unpaired) electrons. The normalized spacial score (nSPS) is 21.6. The maximum atomic E-state index is 12.0. The fourth-order valence-corrected chi connectivity index (χ4v) is 2.34. The number of nitriles is 1. The number of carbonyl (C=O) groups excluding carboxylic acids is 1. The molecular formula is C14H16ClN3O3. The highest BCUT2D eigenvalue weighted by atomic mass is 35.5. The molecule has 1 aromatic heterocycles. The summed E-state index contributed by atoms with van der Waals surface area (Å²) in [5.41, 5.74) is -0.110. The molecule has 0 spiro atoms. The number of hydrogen-bond donors (Lipinski definition) is 1. The summed E-state index contributed by atoms with van der Waals surface area (Å²) in [5, 5.41) is 22.8. The van der Waals surface area contributed by atoms with Gasteiger partial charge in [0, 0.05) is 23.5 Å². The van der Waals surface area contributed by atoms with E-state index in [0.717, 1.165) is 4.90 Å². The minimum Gasteiger partial charge on any atom is -0.369 e. The molecule has 1 aliphatic rings. The van der Waals surface area contributed by atoms with E-state index in [2.05, 4.69) is 11.2 Å². The highest BCUT2D eigenvalue weighted by Gasteiger charge is 2.39. The molecule has 1 N–H and O–H groups in total. The second-order valence-corrected chi connectivity index (χ2v) is 5.72. The number of aromatic nitrogens is 1. The van der Waals surface area contributed by atoms with Crippen molar-refractivity contribution < 1.29 is 14.4 Å². The minimum atomic E-state index is -1.15. The third-order valence-corrected chi connectivity index (χ3v) is 4.43. The molecule has 0 bridgehead atoms. The van der Waals surface area contributed by atoms with Gasteiger partial charge in [0.15, 0.2) is 12.0 Å². The van der Waals surface area contributed by atoms with Gasteiger partial charge in [-0.15, -0.1) is 0 Å². The number of aliphatic hydroxyl groups excluding tert-OH is 1. The van der Waals surface area contributed by atoms with Crippen LogP contribution in [-0.4, -0.2) is 22.4 Å². The van der Waals surface area contributed by atoms with Gasteiger partial charge in [0.05, 0.1) is 6.07 Å². The maximum absolute atomic E-state index is 12.0. The van der Waals surface area contributed by atoms with Gasteiger partial charge in [-0.3, -0.25) is 9.69 Å². The fourth-order valence-electron chi connectivity index (χ4n) is 2.15. The van der Waals surface area contributed by atoms with E-state index >= 15 is 0 Å². The Morgan fingerprint density at radius 2 is 2.33 bits per heavy atom. The summed E-state index contributed by atoms with van der Waals surface area (Å²) in [6.07, 6.45) is -0.192. The highest BCUT2D eigenvalue weighted by Crippen LogP contribution is 2.36. The summed E-state index contributed by atoms with van der Waals surface area (Å²) in [6.45, 7) is 5.41. The zero-order chi connectivity index (χ0) is 15.8. The van der Waals surface area contributed by atoms with Crippen LogP contribution in [0.4, 0.5) is 5.82 Å². The number of anilines is 1. The van der Waals surface area contributed by atoms with Crippen LogP contribution in [-0.2, 0) is 10.2 Å². The predicted molar refractivity (Wildman–Crippen MR) is 76.4 cm³/mol. The summed E-state index contributed by atoms with van der Waals surface area (Å²) < 4.78 is 5.29. The molecule has 1 amide bonds. The third-order valence-electron chi connectivity index (χ3n) is 3.97. The van der Waals surface area contributed by atoms with Crippen molar-refractivity contribution in [1.82, 2.24) is 5.16 Å². The molecule has 1 aromatic rings. The molecule has 0 fully saturated rings. The van der Waals surface area contributed by atoms with Crippen LogP contribution < -0.4 is 4.90 Å². The molecular weight excluding hydrogens is 294 g/mol. The van der Waals surface area contributed by atoms with E-state index in [-0.39, 0.29) is 17.3 Å². The number of hydrogen-bond acceptors (Lipinski definition) is 5. The first-order valence-electron chi connectivity index (χ1n) is 6.57. The van der Waals surface area contributed by atoms with E-state index in [1.807, 2.05) is 13.8 Å². The van der Waals surface area contributed by atoms with E-state index in [1.54, 1.807) is 13.0 Å². The number of amides is 1. The number of aliphatic hydroxyl groups is 1. The van der Waals surface area contributed by atoms with E-state index in [1.165, 1.54) is 0 Å². The van der Waals surface area contributed by atoms with E-state index in [9.17, 15) is 9.90 Å². The smallest absolute Gasteiger partial charge is 0.273 e. The van der Waals surface area contributed by atoms with Crippen LogP contribution in [0.1, 0.15) is 39.4 Å². The maximum Gasteiger partial charge on any atom is 0.273 e. The molecule has 7 heteroatoms. The van der Waals surface area contributed by atoms with Crippen molar-refractivity contribution in [2.24, 2.45) is 0 Å². The topological polar surface area (TPSA) is 90.4 Å². The van der Waals surface area contributed by atoms with Crippen LogP contribution >= 0.6 is 11.6 Å². The van der Waals surface area contributed by atoms with Crippen molar-refractivity contribution >= 4 is 23.3 Å². The summed E-state index contributed by atoms with van der Waals surface area (Å²) in [7, 11) is 0. The van der Waals surface area contributed by atoms with Gasteiger partial charge in [0.25, 0.3) is 5.91 Å². The van der Waals surface area contributed by atoms with Crippen molar-refractivity contribution in [2.75, 3.05) is 4.90 Å². The van der Waals surface area contributed by atoms with Crippen molar-refractivity contribution in [1.29, 1.82) is 5.26 Å². The van der Waals surface area contributed by atoms with Crippen LogP contribution in [0.2, 0.25) is 0 Å². The lowest BCUT2D eigenvalue weighted by Gasteiger charge is -2.21. The summed E-state index contributed by atoms with van der Waals surface area (Å²) in [4.78, 5) is 13.1.